The van der Waals surface area contributed by atoms with E-state index in [0.29, 0.717) is 44.8 Å². The molecule has 39 heavy (non-hydrogen) atoms. The summed E-state index contributed by atoms with van der Waals surface area (Å²) in [7, 11) is 1.53. The van der Waals surface area contributed by atoms with E-state index < -0.39 is 17.9 Å². The Morgan fingerprint density at radius 1 is 1.23 bits per heavy atom. The van der Waals surface area contributed by atoms with Crippen molar-refractivity contribution in [3.63, 3.8) is 0 Å². The number of thiocarbonyl (C=S) groups is 1. The molecule has 1 amide bonds. The molecule has 1 heterocycles. The van der Waals surface area contributed by atoms with Crippen LogP contribution in [-0.4, -0.2) is 50.1 Å². The lowest BCUT2D eigenvalue weighted by Crippen LogP contribution is -2.45. The Kier molecular flexibility index (Phi) is 10.9. The maximum Gasteiger partial charge on any atom is 0.338 e. The molecule has 12 heteroatoms. The maximum absolute atomic E-state index is 12.7. The summed E-state index contributed by atoms with van der Waals surface area (Å²) in [6, 6.07) is 9.96. The van der Waals surface area contributed by atoms with Gasteiger partial charge in [0, 0.05) is 21.3 Å². The van der Waals surface area contributed by atoms with Gasteiger partial charge in [-0.25, -0.2) is 10.2 Å². The minimum atomic E-state index is -0.629. The fourth-order valence-electron chi connectivity index (χ4n) is 3.74. The van der Waals surface area contributed by atoms with Crippen LogP contribution in [0.5, 0.6) is 17.2 Å². The molecule has 0 fully saturated rings. The van der Waals surface area contributed by atoms with Crippen LogP contribution in [0, 0.1) is 0 Å². The molecule has 3 rings (SSSR count). The fourth-order valence-corrected chi connectivity index (χ4v) is 4.46. The first-order valence-corrected chi connectivity index (χ1v) is 13.1. The van der Waals surface area contributed by atoms with Crippen LogP contribution in [0.25, 0.3) is 0 Å². The predicted octanol–water partition coefficient (Wildman–Crippen LogP) is 3.91. The molecule has 0 radical (unpaired) electrons. The summed E-state index contributed by atoms with van der Waals surface area (Å²) in [6.07, 6.45) is 3.05. The first-order chi connectivity index (χ1) is 18.8. The molecule has 0 saturated carbocycles. The molecular weight excluding hydrogens is 588 g/mol. The van der Waals surface area contributed by atoms with E-state index in [1.165, 1.54) is 13.3 Å². The van der Waals surface area contributed by atoms with Gasteiger partial charge in [0.1, 0.15) is 12.4 Å². The second kappa shape index (κ2) is 14.3. The first kappa shape index (κ1) is 29.7. The number of benzene rings is 2. The number of halogens is 1. The van der Waals surface area contributed by atoms with Crippen molar-refractivity contribution in [2.45, 2.75) is 19.9 Å². The number of hydrogen-bond donors (Lipinski definition) is 3. The Hall–Kier alpha value is -3.90. The number of ether oxygens (including phenoxy) is 4. The molecule has 0 aliphatic carbocycles. The maximum atomic E-state index is 12.7. The molecule has 0 aromatic heterocycles. The van der Waals surface area contributed by atoms with Gasteiger partial charge in [-0.2, -0.15) is 5.10 Å². The van der Waals surface area contributed by atoms with Crippen molar-refractivity contribution in [3.05, 3.63) is 75.9 Å². The summed E-state index contributed by atoms with van der Waals surface area (Å²) in [6.45, 7) is 7.29. The van der Waals surface area contributed by atoms with Crippen LogP contribution in [0.1, 0.15) is 31.0 Å². The number of nitrogens with one attached hydrogen (secondary N) is 3. The average molecular weight is 618 g/mol. The fraction of sp³-hybridized carbons (Fsp3) is 0.259. The molecule has 1 aliphatic rings. The van der Waals surface area contributed by atoms with Crippen molar-refractivity contribution in [1.82, 2.24) is 16.1 Å². The lowest BCUT2D eigenvalue weighted by atomic mass is 9.95. The van der Waals surface area contributed by atoms with E-state index in [0.717, 1.165) is 4.47 Å². The Morgan fingerprint density at radius 3 is 2.72 bits per heavy atom. The third-order valence-electron chi connectivity index (χ3n) is 5.36. The molecule has 3 N–H and O–H groups in total. The number of amides is 1. The second-order valence-corrected chi connectivity index (χ2v) is 9.36. The van der Waals surface area contributed by atoms with E-state index in [1.807, 2.05) is 0 Å². The minimum absolute atomic E-state index is 0.222. The number of rotatable bonds is 12. The zero-order chi connectivity index (χ0) is 28.4. The SMILES string of the molecule is C=CCOc1c(C=NNC(=O)COc2ccccc2[C@@H]2NC(=S)NC(C)=C2C(=O)OCC)cc(Br)cc1OC. The Morgan fingerprint density at radius 2 is 2.00 bits per heavy atom. The van der Waals surface area contributed by atoms with Crippen molar-refractivity contribution in [2.75, 3.05) is 26.9 Å². The van der Waals surface area contributed by atoms with Crippen LogP contribution in [0.4, 0.5) is 0 Å². The van der Waals surface area contributed by atoms with Gasteiger partial charge in [0.15, 0.2) is 23.2 Å². The van der Waals surface area contributed by atoms with Gasteiger partial charge in [0.2, 0.25) is 0 Å². The molecule has 0 bridgehead atoms. The van der Waals surface area contributed by atoms with Crippen LogP contribution >= 0.6 is 28.1 Å². The summed E-state index contributed by atoms with van der Waals surface area (Å²) in [4.78, 5) is 25.3. The van der Waals surface area contributed by atoms with Crippen molar-refractivity contribution >= 4 is 51.4 Å². The van der Waals surface area contributed by atoms with Gasteiger partial charge in [-0.15, -0.1) is 0 Å². The molecule has 0 spiro atoms. The lowest BCUT2D eigenvalue weighted by Gasteiger charge is -2.30. The van der Waals surface area contributed by atoms with E-state index in [-0.39, 0.29) is 19.8 Å². The van der Waals surface area contributed by atoms with Gasteiger partial charge in [-0.05, 0) is 44.3 Å². The normalized spacial score (nSPS) is 14.8. The zero-order valence-corrected chi connectivity index (χ0v) is 24.1. The topological polar surface area (TPSA) is 120 Å². The molecule has 0 saturated heterocycles. The Labute approximate surface area is 240 Å². The predicted molar refractivity (Wildman–Crippen MR) is 155 cm³/mol. The Balaban J connectivity index is 1.74. The van der Waals surface area contributed by atoms with Crippen molar-refractivity contribution in [2.24, 2.45) is 5.10 Å². The Bertz CT molecular complexity index is 1310. The van der Waals surface area contributed by atoms with E-state index in [9.17, 15) is 9.59 Å². The summed E-state index contributed by atoms with van der Waals surface area (Å²) in [5, 5.41) is 10.4. The number of para-hydroxylation sites is 1. The molecule has 2 aromatic rings. The third-order valence-corrected chi connectivity index (χ3v) is 6.04. The minimum Gasteiger partial charge on any atom is -0.493 e. The van der Waals surface area contributed by atoms with Crippen LogP contribution in [0.2, 0.25) is 0 Å². The van der Waals surface area contributed by atoms with Crippen LogP contribution in [-0.2, 0) is 14.3 Å². The highest BCUT2D eigenvalue weighted by Gasteiger charge is 2.32. The highest BCUT2D eigenvalue weighted by atomic mass is 79.9. The molecular formula is C27H29BrN4O6S. The lowest BCUT2D eigenvalue weighted by molar-refractivity contribution is -0.139. The zero-order valence-electron chi connectivity index (χ0n) is 21.7. The van der Waals surface area contributed by atoms with Gasteiger partial charge in [0.25, 0.3) is 5.91 Å². The van der Waals surface area contributed by atoms with Crippen molar-refractivity contribution in [1.29, 1.82) is 0 Å². The quantitative estimate of drug-likeness (QED) is 0.107. The van der Waals surface area contributed by atoms with Gasteiger partial charge in [-0.1, -0.05) is 46.8 Å². The third kappa shape index (κ3) is 7.80. The largest absolute Gasteiger partial charge is 0.493 e. The highest BCUT2D eigenvalue weighted by Crippen LogP contribution is 2.35. The number of nitrogens with zero attached hydrogens (tertiary/aromatic N) is 1. The smallest absolute Gasteiger partial charge is 0.338 e. The molecule has 1 aliphatic heterocycles. The summed E-state index contributed by atoms with van der Waals surface area (Å²) < 4.78 is 22.9. The van der Waals surface area contributed by atoms with Crippen LogP contribution in [0.3, 0.4) is 0 Å². The second-order valence-electron chi connectivity index (χ2n) is 8.04. The van der Waals surface area contributed by atoms with Gasteiger partial charge < -0.3 is 29.6 Å². The number of carbonyl (C=O) groups is 2. The highest BCUT2D eigenvalue weighted by molar-refractivity contribution is 9.10. The monoisotopic (exact) mass is 616 g/mol. The number of esters is 1. The number of hydrazone groups is 1. The molecule has 206 valence electrons. The van der Waals surface area contributed by atoms with Gasteiger partial charge in [0.05, 0.1) is 31.5 Å². The van der Waals surface area contributed by atoms with E-state index in [4.69, 9.17) is 31.2 Å². The number of carbonyl (C=O) groups excluding carboxylic acids is 2. The summed E-state index contributed by atoms with van der Waals surface area (Å²) >= 11 is 8.73. The number of methoxy groups -OCH3 is 1. The average Bonchev–Trinajstić information content (AvgIpc) is 2.90. The summed E-state index contributed by atoms with van der Waals surface area (Å²) in [5.74, 6) is 0.367. The number of allylic oxidation sites excluding steroid dienone is 1. The van der Waals surface area contributed by atoms with Crippen molar-refractivity contribution in [3.8, 4) is 17.2 Å². The molecule has 1 atom stereocenters. The van der Waals surface area contributed by atoms with E-state index in [1.54, 1.807) is 56.3 Å². The van der Waals surface area contributed by atoms with E-state index in [2.05, 4.69) is 43.7 Å². The number of hydrogen-bond acceptors (Lipinski definition) is 8. The first-order valence-electron chi connectivity index (χ1n) is 11.9. The standard InChI is InChI=1S/C27H29BrN4O6S/c1-5-11-37-25-17(12-18(28)13-21(25)35-4)14-29-32-22(33)15-38-20-10-8-7-9-19(20)24-23(26(34)36-6-2)16(3)30-27(39)31-24/h5,7-10,12-14,24H,1,6,11,15H2,2-4H3,(H,32,33)(H2,30,31,39)/t24-/m0/s1. The summed E-state index contributed by atoms with van der Waals surface area (Å²) in [5.41, 5.74) is 4.58. The van der Waals surface area contributed by atoms with Gasteiger partial charge in [-0.3, -0.25) is 4.79 Å². The van der Waals surface area contributed by atoms with E-state index >= 15 is 0 Å². The van der Waals surface area contributed by atoms with Crippen molar-refractivity contribution < 1.29 is 28.5 Å². The van der Waals surface area contributed by atoms with Gasteiger partial charge >= 0.3 is 5.97 Å². The van der Waals surface area contributed by atoms with Crippen LogP contribution < -0.4 is 30.3 Å². The molecule has 10 nitrogen and oxygen atoms in total. The molecule has 2 aromatic carbocycles. The van der Waals surface area contributed by atoms with Crippen LogP contribution in [0.15, 0.2) is 69.9 Å². The molecule has 0 unspecified atom stereocenters.